The zero-order chi connectivity index (χ0) is 12.7. The number of Topliss-reactive ketones (excluding diaryl/α,β-unsaturated/α-hetero) is 1. The number of ketones is 1. The highest BCUT2D eigenvalue weighted by molar-refractivity contribution is 5.86. The summed E-state index contributed by atoms with van der Waals surface area (Å²) in [5.41, 5.74) is 0. The minimum Gasteiger partial charge on any atom is -0.464 e. The molecule has 0 unspecified atom stereocenters. The minimum atomic E-state index is -0.393. The molecule has 0 rings (SSSR count). The van der Waals surface area contributed by atoms with Crippen LogP contribution >= 0.6 is 0 Å². The van der Waals surface area contributed by atoms with Crippen LogP contribution in [0, 0.1) is 5.92 Å². The lowest BCUT2D eigenvalue weighted by atomic mass is 10.0. The van der Waals surface area contributed by atoms with Gasteiger partial charge in [0.05, 0.1) is 0 Å². The van der Waals surface area contributed by atoms with Crippen LogP contribution in [0.15, 0.2) is 0 Å². The summed E-state index contributed by atoms with van der Waals surface area (Å²) in [6, 6.07) is -0.205. The SMILES string of the molecule is CCC(=O)OC[C@H](NC(C)C)C(=O)C(C)C. The molecule has 0 radical (unpaired) electrons. The van der Waals surface area contributed by atoms with E-state index in [2.05, 4.69) is 5.32 Å². The van der Waals surface area contributed by atoms with Gasteiger partial charge in [0.25, 0.3) is 0 Å². The van der Waals surface area contributed by atoms with Crippen molar-refractivity contribution in [3.05, 3.63) is 0 Å². The molecule has 4 heteroatoms. The van der Waals surface area contributed by atoms with Crippen LogP contribution in [0.3, 0.4) is 0 Å². The third-order valence-electron chi connectivity index (χ3n) is 2.15. The van der Waals surface area contributed by atoms with Crippen molar-refractivity contribution >= 4 is 11.8 Å². The van der Waals surface area contributed by atoms with Gasteiger partial charge in [0.1, 0.15) is 12.6 Å². The summed E-state index contributed by atoms with van der Waals surface area (Å²) >= 11 is 0. The van der Waals surface area contributed by atoms with Crippen LogP contribution in [-0.2, 0) is 14.3 Å². The summed E-state index contributed by atoms with van der Waals surface area (Å²) in [6.45, 7) is 9.47. The van der Waals surface area contributed by atoms with Crippen LogP contribution in [0.4, 0.5) is 0 Å². The average molecular weight is 229 g/mol. The number of nitrogens with one attached hydrogen (secondary N) is 1. The molecule has 16 heavy (non-hydrogen) atoms. The first-order valence-electron chi connectivity index (χ1n) is 5.83. The largest absolute Gasteiger partial charge is 0.464 e. The predicted molar refractivity (Wildman–Crippen MR) is 63.2 cm³/mol. The van der Waals surface area contributed by atoms with Crippen molar-refractivity contribution in [1.82, 2.24) is 5.32 Å². The molecule has 0 amide bonds. The van der Waals surface area contributed by atoms with Gasteiger partial charge in [-0.05, 0) is 0 Å². The lowest BCUT2D eigenvalue weighted by molar-refractivity contribution is -0.145. The third-order valence-corrected chi connectivity index (χ3v) is 2.15. The molecule has 0 heterocycles. The Hall–Kier alpha value is -0.900. The molecule has 1 N–H and O–H groups in total. The maximum atomic E-state index is 11.8. The number of hydrogen-bond donors (Lipinski definition) is 1. The van der Waals surface area contributed by atoms with E-state index in [0.29, 0.717) is 6.42 Å². The molecule has 0 aliphatic carbocycles. The van der Waals surface area contributed by atoms with Crippen molar-refractivity contribution in [2.45, 2.75) is 53.1 Å². The first-order valence-corrected chi connectivity index (χ1v) is 5.83. The van der Waals surface area contributed by atoms with E-state index < -0.39 is 6.04 Å². The van der Waals surface area contributed by atoms with E-state index in [0.717, 1.165) is 0 Å². The van der Waals surface area contributed by atoms with Crippen LogP contribution in [0.25, 0.3) is 0 Å². The highest BCUT2D eigenvalue weighted by Crippen LogP contribution is 2.02. The molecule has 0 aliphatic heterocycles. The number of esters is 1. The van der Waals surface area contributed by atoms with Crippen LogP contribution in [0.5, 0.6) is 0 Å². The second kappa shape index (κ2) is 7.39. The molecule has 0 saturated heterocycles. The van der Waals surface area contributed by atoms with Gasteiger partial charge in [0.2, 0.25) is 0 Å². The molecule has 0 fully saturated rings. The van der Waals surface area contributed by atoms with Crippen LogP contribution in [0.2, 0.25) is 0 Å². The Kier molecular flexibility index (Phi) is 6.97. The molecule has 0 aromatic carbocycles. The highest BCUT2D eigenvalue weighted by Gasteiger charge is 2.22. The second-order valence-electron chi connectivity index (χ2n) is 4.47. The summed E-state index contributed by atoms with van der Waals surface area (Å²) in [7, 11) is 0. The van der Waals surface area contributed by atoms with E-state index in [4.69, 9.17) is 4.74 Å². The first kappa shape index (κ1) is 15.1. The molecule has 0 bridgehead atoms. The predicted octanol–water partition coefficient (Wildman–Crippen LogP) is 1.53. The Bertz CT molecular complexity index is 236. The summed E-state index contributed by atoms with van der Waals surface area (Å²) in [5, 5.41) is 3.11. The quantitative estimate of drug-likeness (QED) is 0.673. The lowest BCUT2D eigenvalue weighted by Crippen LogP contribution is -2.46. The van der Waals surface area contributed by atoms with Gasteiger partial charge in [-0.1, -0.05) is 34.6 Å². The Labute approximate surface area is 97.7 Å². The third kappa shape index (κ3) is 5.85. The van der Waals surface area contributed by atoms with Crippen LogP contribution in [-0.4, -0.2) is 30.4 Å². The first-order chi connectivity index (χ1) is 7.38. The molecular formula is C12H23NO3. The van der Waals surface area contributed by atoms with Gasteiger partial charge < -0.3 is 10.1 Å². The van der Waals surface area contributed by atoms with E-state index >= 15 is 0 Å². The molecule has 0 spiro atoms. The number of rotatable bonds is 7. The summed E-state index contributed by atoms with van der Waals surface area (Å²) in [6.07, 6.45) is 0.338. The molecule has 0 aromatic heterocycles. The fourth-order valence-corrected chi connectivity index (χ4v) is 1.30. The van der Waals surface area contributed by atoms with Gasteiger partial charge in [0.15, 0.2) is 5.78 Å². The topological polar surface area (TPSA) is 55.4 Å². The number of hydrogen-bond acceptors (Lipinski definition) is 4. The lowest BCUT2D eigenvalue weighted by Gasteiger charge is -2.21. The molecular weight excluding hydrogens is 206 g/mol. The van der Waals surface area contributed by atoms with Gasteiger partial charge in [-0.15, -0.1) is 0 Å². The van der Waals surface area contributed by atoms with Crippen molar-refractivity contribution in [2.75, 3.05) is 6.61 Å². The van der Waals surface area contributed by atoms with E-state index in [1.807, 2.05) is 27.7 Å². The maximum absolute atomic E-state index is 11.8. The van der Waals surface area contributed by atoms with Gasteiger partial charge in [-0.3, -0.25) is 9.59 Å². The molecule has 0 aliphatic rings. The van der Waals surface area contributed by atoms with E-state index in [1.165, 1.54) is 0 Å². The molecule has 1 atom stereocenters. The molecule has 0 saturated carbocycles. The Morgan fingerprint density at radius 3 is 2.12 bits per heavy atom. The maximum Gasteiger partial charge on any atom is 0.305 e. The molecule has 94 valence electrons. The van der Waals surface area contributed by atoms with Crippen molar-refractivity contribution in [2.24, 2.45) is 5.92 Å². The standard InChI is InChI=1S/C12H23NO3/c1-6-11(14)16-7-10(13-9(4)5)12(15)8(2)3/h8-10,13H,6-7H2,1-5H3/t10-/m0/s1. The minimum absolute atomic E-state index is 0.0587. The Balaban J connectivity index is 4.32. The van der Waals surface area contributed by atoms with Gasteiger partial charge in [-0.25, -0.2) is 0 Å². The molecule has 4 nitrogen and oxygen atoms in total. The fraction of sp³-hybridized carbons (Fsp3) is 0.833. The van der Waals surface area contributed by atoms with Crippen LogP contribution in [0.1, 0.15) is 41.0 Å². The zero-order valence-electron chi connectivity index (χ0n) is 10.9. The van der Waals surface area contributed by atoms with Crippen LogP contribution < -0.4 is 5.32 Å². The molecule has 0 aromatic rings. The van der Waals surface area contributed by atoms with E-state index in [-0.39, 0.29) is 30.3 Å². The Morgan fingerprint density at radius 2 is 1.75 bits per heavy atom. The van der Waals surface area contributed by atoms with Crippen molar-refractivity contribution in [3.8, 4) is 0 Å². The van der Waals surface area contributed by atoms with Crippen molar-refractivity contribution < 1.29 is 14.3 Å². The zero-order valence-corrected chi connectivity index (χ0v) is 10.9. The Morgan fingerprint density at radius 1 is 1.19 bits per heavy atom. The number of carbonyl (C=O) groups excluding carboxylic acids is 2. The highest BCUT2D eigenvalue weighted by atomic mass is 16.5. The van der Waals surface area contributed by atoms with Gasteiger partial charge in [-0.2, -0.15) is 0 Å². The van der Waals surface area contributed by atoms with Gasteiger partial charge >= 0.3 is 5.97 Å². The van der Waals surface area contributed by atoms with Crippen molar-refractivity contribution in [1.29, 1.82) is 0 Å². The fourth-order valence-electron chi connectivity index (χ4n) is 1.30. The number of ether oxygens (including phenoxy) is 1. The van der Waals surface area contributed by atoms with E-state index in [9.17, 15) is 9.59 Å². The summed E-state index contributed by atoms with van der Waals surface area (Å²) in [4.78, 5) is 22.9. The smallest absolute Gasteiger partial charge is 0.305 e. The van der Waals surface area contributed by atoms with E-state index in [1.54, 1.807) is 6.92 Å². The average Bonchev–Trinajstić information content (AvgIpc) is 2.21. The second-order valence-corrected chi connectivity index (χ2v) is 4.47. The number of carbonyl (C=O) groups is 2. The monoisotopic (exact) mass is 229 g/mol. The normalized spacial score (nSPS) is 12.9. The summed E-state index contributed by atoms with van der Waals surface area (Å²) in [5.74, 6) is -0.249. The van der Waals surface area contributed by atoms with Gasteiger partial charge in [0, 0.05) is 18.4 Å². The van der Waals surface area contributed by atoms with Crippen molar-refractivity contribution in [3.63, 3.8) is 0 Å². The summed E-state index contributed by atoms with van der Waals surface area (Å²) < 4.78 is 5.00.